The SMILES string of the molecule is CCNC(=S)N(Cc1ccccc1C(F)(F)F)C[C@H](CN)C(=O)Cc1cncn1Cc1ccc(C#N)cc1. The lowest BCUT2D eigenvalue weighted by molar-refractivity contribution is -0.138. The van der Waals surface area contributed by atoms with Crippen LogP contribution >= 0.6 is 12.2 Å². The van der Waals surface area contributed by atoms with Crippen LogP contribution in [0.2, 0.25) is 0 Å². The number of Topliss-reactive ketones (excluding diaryl/α,β-unsaturated/α-hetero) is 1. The van der Waals surface area contributed by atoms with E-state index in [1.54, 1.807) is 35.6 Å². The summed E-state index contributed by atoms with van der Waals surface area (Å²) < 4.78 is 42.6. The van der Waals surface area contributed by atoms with Crippen LogP contribution in [0.3, 0.4) is 0 Å². The quantitative estimate of drug-likeness (QED) is 0.355. The van der Waals surface area contributed by atoms with Crippen LogP contribution in [-0.4, -0.2) is 45.0 Å². The first kappa shape index (κ1) is 28.8. The summed E-state index contributed by atoms with van der Waals surface area (Å²) in [7, 11) is 0. The Kier molecular flexibility index (Phi) is 9.98. The van der Waals surface area contributed by atoms with Gasteiger partial charge in [0.25, 0.3) is 0 Å². The molecule has 0 aliphatic carbocycles. The summed E-state index contributed by atoms with van der Waals surface area (Å²) in [6.07, 6.45) is -1.23. The second kappa shape index (κ2) is 13.2. The highest BCUT2D eigenvalue weighted by molar-refractivity contribution is 7.80. The third-order valence-electron chi connectivity index (χ3n) is 6.07. The van der Waals surface area contributed by atoms with Crippen molar-refractivity contribution in [2.45, 2.75) is 32.6 Å². The average Bonchev–Trinajstić information content (AvgIpc) is 3.32. The molecule has 200 valence electrons. The molecule has 0 saturated carbocycles. The number of nitrogens with two attached hydrogens (primary N) is 1. The number of nitrogens with one attached hydrogen (secondary N) is 1. The summed E-state index contributed by atoms with van der Waals surface area (Å²) in [5, 5.41) is 12.2. The van der Waals surface area contributed by atoms with Crippen LogP contribution in [-0.2, 0) is 30.5 Å². The molecular formula is C27H29F3N6OS. The van der Waals surface area contributed by atoms with E-state index in [1.807, 2.05) is 23.6 Å². The van der Waals surface area contributed by atoms with Gasteiger partial charge in [-0.15, -0.1) is 0 Å². The number of nitriles is 1. The van der Waals surface area contributed by atoms with Crippen molar-refractivity contribution in [3.63, 3.8) is 0 Å². The first-order valence-electron chi connectivity index (χ1n) is 12.0. The molecule has 0 bridgehead atoms. The lowest BCUT2D eigenvalue weighted by atomic mass is 9.99. The van der Waals surface area contributed by atoms with Gasteiger partial charge in [0.15, 0.2) is 5.11 Å². The molecule has 1 aromatic heterocycles. The number of thiocarbonyl (C=S) groups is 1. The Bertz CT molecular complexity index is 1280. The molecule has 38 heavy (non-hydrogen) atoms. The fraction of sp³-hybridized carbons (Fsp3) is 0.333. The largest absolute Gasteiger partial charge is 0.416 e. The number of aromatic nitrogens is 2. The van der Waals surface area contributed by atoms with Gasteiger partial charge in [-0.3, -0.25) is 4.79 Å². The molecule has 3 rings (SSSR count). The Hall–Kier alpha value is -3.75. The summed E-state index contributed by atoms with van der Waals surface area (Å²) in [6, 6.07) is 14.5. The molecule has 1 heterocycles. The number of hydrogen-bond acceptors (Lipinski definition) is 5. The minimum atomic E-state index is -4.52. The highest BCUT2D eigenvalue weighted by atomic mass is 32.1. The molecular weight excluding hydrogens is 513 g/mol. The Labute approximate surface area is 225 Å². The van der Waals surface area contributed by atoms with Gasteiger partial charge in [0.1, 0.15) is 5.78 Å². The molecule has 2 aromatic carbocycles. The molecule has 0 aliphatic rings. The van der Waals surface area contributed by atoms with E-state index in [0.29, 0.717) is 24.3 Å². The van der Waals surface area contributed by atoms with Crippen molar-refractivity contribution in [2.75, 3.05) is 19.6 Å². The van der Waals surface area contributed by atoms with Crippen LogP contribution in [0.15, 0.2) is 61.1 Å². The first-order chi connectivity index (χ1) is 18.2. The number of ketones is 1. The molecule has 0 amide bonds. The normalized spacial score (nSPS) is 12.0. The molecule has 0 fully saturated rings. The van der Waals surface area contributed by atoms with Gasteiger partial charge in [0.05, 0.1) is 23.5 Å². The van der Waals surface area contributed by atoms with Crippen LogP contribution in [0.25, 0.3) is 0 Å². The van der Waals surface area contributed by atoms with Crippen molar-refractivity contribution in [2.24, 2.45) is 11.7 Å². The summed E-state index contributed by atoms with van der Waals surface area (Å²) in [4.78, 5) is 19.0. The number of halogens is 3. The minimum absolute atomic E-state index is 0.00868. The number of imidazole rings is 1. The zero-order chi connectivity index (χ0) is 27.7. The number of carbonyl (C=O) groups excluding carboxylic acids is 1. The van der Waals surface area contributed by atoms with Gasteiger partial charge in [-0.05, 0) is 48.5 Å². The molecule has 3 N–H and O–H groups in total. The maximum atomic E-state index is 13.6. The van der Waals surface area contributed by atoms with E-state index in [1.165, 1.54) is 12.1 Å². The molecule has 0 radical (unpaired) electrons. The first-order valence-corrected chi connectivity index (χ1v) is 12.5. The van der Waals surface area contributed by atoms with E-state index < -0.39 is 17.7 Å². The van der Waals surface area contributed by atoms with Crippen LogP contribution < -0.4 is 11.1 Å². The van der Waals surface area contributed by atoms with Gasteiger partial charge in [-0.2, -0.15) is 18.4 Å². The summed E-state index contributed by atoms with van der Waals surface area (Å²) >= 11 is 5.44. The zero-order valence-electron chi connectivity index (χ0n) is 20.9. The maximum absolute atomic E-state index is 13.6. The van der Waals surface area contributed by atoms with Crippen molar-refractivity contribution in [1.29, 1.82) is 5.26 Å². The molecule has 0 unspecified atom stereocenters. The van der Waals surface area contributed by atoms with Crippen molar-refractivity contribution in [3.8, 4) is 6.07 Å². The monoisotopic (exact) mass is 542 g/mol. The highest BCUT2D eigenvalue weighted by Crippen LogP contribution is 2.32. The molecule has 0 saturated heterocycles. The maximum Gasteiger partial charge on any atom is 0.416 e. The third kappa shape index (κ3) is 7.63. The van der Waals surface area contributed by atoms with Crippen LogP contribution in [0.1, 0.15) is 34.9 Å². The second-order valence-electron chi connectivity index (χ2n) is 8.77. The molecule has 7 nitrogen and oxygen atoms in total. The highest BCUT2D eigenvalue weighted by Gasteiger charge is 2.34. The third-order valence-corrected chi connectivity index (χ3v) is 6.47. The van der Waals surface area contributed by atoms with Crippen molar-refractivity contribution >= 4 is 23.1 Å². The molecule has 0 aliphatic heterocycles. The van der Waals surface area contributed by atoms with Gasteiger partial charge in [0, 0.05) is 57.0 Å². The van der Waals surface area contributed by atoms with Crippen LogP contribution in [0.5, 0.6) is 0 Å². The zero-order valence-corrected chi connectivity index (χ0v) is 21.7. The standard InChI is InChI=1S/C27H29F3N6OS/c1-2-34-26(38)35(16-21-5-3-4-6-24(21)27(28,29)30)17-22(13-32)25(37)11-23-14-33-18-36(23)15-20-9-7-19(12-31)8-10-20/h3-10,14,18,22H,2,11,13,15-17,32H2,1H3,(H,34,38)/t22-/m0/s1. The van der Waals surface area contributed by atoms with Gasteiger partial charge in [-0.1, -0.05) is 30.3 Å². The summed E-state index contributed by atoms with van der Waals surface area (Å²) in [6.45, 7) is 2.72. The van der Waals surface area contributed by atoms with E-state index in [4.69, 9.17) is 23.2 Å². The number of hydrogen-bond donors (Lipinski definition) is 2. The van der Waals surface area contributed by atoms with Crippen LogP contribution in [0.4, 0.5) is 13.2 Å². The van der Waals surface area contributed by atoms with Crippen molar-refractivity contribution in [3.05, 3.63) is 89.0 Å². The van der Waals surface area contributed by atoms with Crippen LogP contribution in [0, 0.1) is 17.2 Å². The fourth-order valence-electron chi connectivity index (χ4n) is 4.04. The fourth-order valence-corrected chi connectivity index (χ4v) is 4.32. The Morgan fingerprint density at radius 1 is 1.24 bits per heavy atom. The lowest BCUT2D eigenvalue weighted by Gasteiger charge is -2.30. The molecule has 0 spiro atoms. The Morgan fingerprint density at radius 2 is 1.95 bits per heavy atom. The van der Waals surface area contributed by atoms with E-state index in [9.17, 15) is 18.0 Å². The Morgan fingerprint density at radius 3 is 2.58 bits per heavy atom. The van der Waals surface area contributed by atoms with Gasteiger partial charge >= 0.3 is 6.18 Å². The van der Waals surface area contributed by atoms with Gasteiger partial charge in [-0.25, -0.2) is 4.98 Å². The second-order valence-corrected chi connectivity index (χ2v) is 9.15. The van der Waals surface area contributed by atoms with Gasteiger partial charge < -0.3 is 20.5 Å². The number of nitrogens with zero attached hydrogens (tertiary/aromatic N) is 4. The summed E-state index contributed by atoms with van der Waals surface area (Å²) in [5.41, 5.74) is 7.46. The topological polar surface area (TPSA) is 100.0 Å². The molecule has 11 heteroatoms. The Balaban J connectivity index is 1.76. The van der Waals surface area contributed by atoms with E-state index in [-0.39, 0.29) is 42.5 Å². The van der Waals surface area contributed by atoms with E-state index in [2.05, 4.69) is 16.4 Å². The average molecular weight is 543 g/mol. The molecule has 3 aromatic rings. The summed E-state index contributed by atoms with van der Waals surface area (Å²) in [5.74, 6) is -0.828. The number of benzene rings is 2. The number of rotatable bonds is 11. The lowest BCUT2D eigenvalue weighted by Crippen LogP contribution is -2.45. The van der Waals surface area contributed by atoms with E-state index >= 15 is 0 Å². The predicted molar refractivity (Wildman–Crippen MR) is 142 cm³/mol. The number of alkyl halides is 3. The van der Waals surface area contributed by atoms with Crippen molar-refractivity contribution in [1.82, 2.24) is 19.8 Å². The smallest absolute Gasteiger partial charge is 0.363 e. The molecule has 1 atom stereocenters. The minimum Gasteiger partial charge on any atom is -0.363 e. The van der Waals surface area contributed by atoms with E-state index in [0.717, 1.165) is 11.6 Å². The van der Waals surface area contributed by atoms with Gasteiger partial charge in [0.2, 0.25) is 0 Å². The predicted octanol–water partition coefficient (Wildman–Crippen LogP) is 3.90. The number of carbonyl (C=O) groups is 1. The van der Waals surface area contributed by atoms with Crippen molar-refractivity contribution < 1.29 is 18.0 Å².